The molecule has 0 heterocycles. The molecular weight excluding hydrogens is 356 g/mol. The van der Waals surface area contributed by atoms with E-state index in [2.05, 4.69) is 31.9 Å². The van der Waals surface area contributed by atoms with Crippen molar-refractivity contribution in [3.05, 3.63) is 67.6 Å². The summed E-state index contributed by atoms with van der Waals surface area (Å²) in [5, 5.41) is 0. The van der Waals surface area contributed by atoms with Crippen molar-refractivity contribution in [1.29, 1.82) is 0 Å². The number of carbonyl (C=O) groups excluding carboxylic acids is 1. The van der Waals surface area contributed by atoms with E-state index in [1.807, 2.05) is 50.2 Å². The van der Waals surface area contributed by atoms with Crippen molar-refractivity contribution < 1.29 is 4.79 Å². The van der Waals surface area contributed by atoms with E-state index >= 15 is 0 Å². The molecule has 0 unspecified atom stereocenters. The lowest BCUT2D eigenvalue weighted by molar-refractivity contribution is 0.103. The first-order valence-corrected chi connectivity index (χ1v) is 7.14. The van der Waals surface area contributed by atoms with Gasteiger partial charge in [0, 0.05) is 20.1 Å². The van der Waals surface area contributed by atoms with E-state index in [9.17, 15) is 4.79 Å². The third-order valence-electron chi connectivity index (χ3n) is 2.94. The van der Waals surface area contributed by atoms with Gasteiger partial charge in [0.05, 0.1) is 0 Å². The van der Waals surface area contributed by atoms with Gasteiger partial charge in [-0.2, -0.15) is 0 Å². The molecule has 2 rings (SSSR count). The lowest BCUT2D eigenvalue weighted by Gasteiger charge is -2.07. The maximum Gasteiger partial charge on any atom is 0.194 e. The molecule has 0 aliphatic rings. The van der Waals surface area contributed by atoms with Crippen LogP contribution in [0.25, 0.3) is 0 Å². The Kier molecular flexibility index (Phi) is 4.03. The summed E-state index contributed by atoms with van der Waals surface area (Å²) < 4.78 is 1.71. The van der Waals surface area contributed by atoms with Gasteiger partial charge in [-0.1, -0.05) is 44.0 Å². The molecule has 0 atom stereocenters. The minimum Gasteiger partial charge on any atom is -0.289 e. The molecule has 0 aliphatic heterocycles. The molecule has 0 fully saturated rings. The zero-order chi connectivity index (χ0) is 13.3. The number of carbonyl (C=O) groups is 1. The summed E-state index contributed by atoms with van der Waals surface area (Å²) in [5.41, 5.74) is 3.72. The van der Waals surface area contributed by atoms with Crippen LogP contribution >= 0.6 is 31.9 Å². The van der Waals surface area contributed by atoms with Crippen LogP contribution < -0.4 is 0 Å². The Balaban J connectivity index is 2.47. The summed E-state index contributed by atoms with van der Waals surface area (Å²) in [5.74, 6) is 0.0336. The van der Waals surface area contributed by atoms with Crippen LogP contribution in [0.5, 0.6) is 0 Å². The molecule has 92 valence electrons. The monoisotopic (exact) mass is 366 g/mol. The molecule has 0 amide bonds. The van der Waals surface area contributed by atoms with Crippen LogP contribution in [0.2, 0.25) is 0 Å². The molecule has 0 saturated carbocycles. The summed E-state index contributed by atoms with van der Waals surface area (Å²) in [6, 6.07) is 11.4. The molecule has 0 spiro atoms. The zero-order valence-corrected chi connectivity index (χ0v) is 13.3. The largest absolute Gasteiger partial charge is 0.289 e. The Hall–Kier alpha value is -0.930. The van der Waals surface area contributed by atoms with Crippen molar-refractivity contribution in [2.24, 2.45) is 0 Å². The summed E-state index contributed by atoms with van der Waals surface area (Å²) in [6.07, 6.45) is 0. The molecule has 2 aromatic rings. The third-order valence-corrected chi connectivity index (χ3v) is 4.13. The summed E-state index contributed by atoms with van der Waals surface area (Å²) >= 11 is 6.81. The number of rotatable bonds is 2. The maximum atomic E-state index is 12.4. The molecular formula is C15H12Br2O. The minimum atomic E-state index is 0.0336. The van der Waals surface area contributed by atoms with E-state index in [4.69, 9.17) is 0 Å². The van der Waals surface area contributed by atoms with Crippen molar-refractivity contribution in [2.75, 3.05) is 0 Å². The van der Waals surface area contributed by atoms with Crippen LogP contribution in [0.15, 0.2) is 45.3 Å². The van der Waals surface area contributed by atoms with Crippen LogP contribution in [0.4, 0.5) is 0 Å². The number of hydrogen-bond donors (Lipinski definition) is 0. The average molecular weight is 368 g/mol. The van der Waals surface area contributed by atoms with Gasteiger partial charge in [-0.15, -0.1) is 0 Å². The summed E-state index contributed by atoms with van der Waals surface area (Å²) in [7, 11) is 0. The molecule has 0 aliphatic carbocycles. The second-order valence-electron chi connectivity index (χ2n) is 4.25. The van der Waals surface area contributed by atoms with E-state index in [-0.39, 0.29) is 5.78 Å². The lowest BCUT2D eigenvalue weighted by atomic mass is 9.99. The molecule has 2 aromatic carbocycles. The highest BCUT2D eigenvalue weighted by molar-refractivity contribution is 9.11. The van der Waals surface area contributed by atoms with Gasteiger partial charge in [0.1, 0.15) is 0 Å². The van der Waals surface area contributed by atoms with Crippen LogP contribution in [-0.2, 0) is 0 Å². The smallest absolute Gasteiger partial charge is 0.194 e. The molecule has 0 aromatic heterocycles. The Morgan fingerprint density at radius 1 is 0.944 bits per heavy atom. The fourth-order valence-corrected chi connectivity index (χ4v) is 2.50. The van der Waals surface area contributed by atoms with Crippen LogP contribution in [0.1, 0.15) is 27.0 Å². The molecule has 0 bridgehead atoms. The molecule has 18 heavy (non-hydrogen) atoms. The van der Waals surface area contributed by atoms with Gasteiger partial charge in [0.15, 0.2) is 5.78 Å². The average Bonchev–Trinajstić information content (AvgIpc) is 2.35. The number of aryl methyl sites for hydroxylation is 2. The minimum absolute atomic E-state index is 0.0336. The van der Waals surface area contributed by atoms with Crippen molar-refractivity contribution >= 4 is 37.6 Å². The van der Waals surface area contributed by atoms with Crippen molar-refractivity contribution in [1.82, 2.24) is 0 Å². The number of ketones is 1. The van der Waals surface area contributed by atoms with Crippen LogP contribution in [-0.4, -0.2) is 5.78 Å². The molecule has 0 radical (unpaired) electrons. The topological polar surface area (TPSA) is 17.1 Å². The second kappa shape index (κ2) is 5.37. The quantitative estimate of drug-likeness (QED) is 0.678. The Labute approximate surface area is 123 Å². The van der Waals surface area contributed by atoms with Gasteiger partial charge >= 0.3 is 0 Å². The molecule has 0 N–H and O–H groups in total. The van der Waals surface area contributed by atoms with Gasteiger partial charge in [0.25, 0.3) is 0 Å². The van der Waals surface area contributed by atoms with Crippen LogP contribution in [0.3, 0.4) is 0 Å². The van der Waals surface area contributed by atoms with Gasteiger partial charge < -0.3 is 0 Å². The van der Waals surface area contributed by atoms with Crippen molar-refractivity contribution in [3.63, 3.8) is 0 Å². The Morgan fingerprint density at radius 2 is 1.67 bits per heavy atom. The first-order chi connectivity index (χ1) is 8.49. The predicted molar refractivity (Wildman–Crippen MR) is 81.2 cm³/mol. The fourth-order valence-electron chi connectivity index (χ4n) is 1.71. The van der Waals surface area contributed by atoms with E-state index < -0.39 is 0 Å². The van der Waals surface area contributed by atoms with E-state index in [1.165, 1.54) is 5.56 Å². The van der Waals surface area contributed by atoms with Gasteiger partial charge in [-0.25, -0.2) is 0 Å². The van der Waals surface area contributed by atoms with Gasteiger partial charge in [-0.3, -0.25) is 4.79 Å². The maximum absolute atomic E-state index is 12.4. The first-order valence-electron chi connectivity index (χ1n) is 5.56. The van der Waals surface area contributed by atoms with Gasteiger partial charge in [0.2, 0.25) is 0 Å². The van der Waals surface area contributed by atoms with E-state index in [1.54, 1.807) is 0 Å². The highest BCUT2D eigenvalue weighted by Crippen LogP contribution is 2.24. The van der Waals surface area contributed by atoms with Crippen LogP contribution in [0, 0.1) is 13.8 Å². The van der Waals surface area contributed by atoms with Crippen molar-refractivity contribution in [2.45, 2.75) is 13.8 Å². The van der Waals surface area contributed by atoms with Gasteiger partial charge in [-0.05, 0) is 49.2 Å². The molecule has 1 nitrogen and oxygen atoms in total. The standard InChI is InChI=1S/C15H12Br2O/c1-9-3-4-11(7-10(9)2)15(18)13-8-12(16)5-6-14(13)17/h3-8H,1-2H3. The molecule has 3 heteroatoms. The summed E-state index contributed by atoms with van der Waals surface area (Å²) in [6.45, 7) is 4.06. The third kappa shape index (κ3) is 2.73. The lowest BCUT2D eigenvalue weighted by Crippen LogP contribution is -2.03. The fraction of sp³-hybridized carbons (Fsp3) is 0.133. The first kappa shape index (κ1) is 13.5. The van der Waals surface area contributed by atoms with Crippen molar-refractivity contribution in [3.8, 4) is 0 Å². The number of hydrogen-bond acceptors (Lipinski definition) is 1. The van der Waals surface area contributed by atoms with E-state index in [0.29, 0.717) is 5.56 Å². The normalized spacial score (nSPS) is 10.4. The SMILES string of the molecule is Cc1ccc(C(=O)c2cc(Br)ccc2Br)cc1C. The number of benzene rings is 2. The second-order valence-corrected chi connectivity index (χ2v) is 6.02. The Bertz CT molecular complexity index is 618. The predicted octanol–water partition coefficient (Wildman–Crippen LogP) is 5.06. The number of halogens is 2. The highest BCUT2D eigenvalue weighted by atomic mass is 79.9. The Morgan fingerprint density at radius 3 is 2.33 bits per heavy atom. The summed E-state index contributed by atoms with van der Waals surface area (Å²) in [4.78, 5) is 12.4. The zero-order valence-electron chi connectivity index (χ0n) is 10.1. The highest BCUT2D eigenvalue weighted by Gasteiger charge is 2.13. The van der Waals surface area contributed by atoms with E-state index in [0.717, 1.165) is 20.1 Å². The molecule has 0 saturated heterocycles.